The molecule has 0 amide bonds. The van der Waals surface area contributed by atoms with E-state index in [2.05, 4.69) is 33.0 Å². The van der Waals surface area contributed by atoms with Crippen molar-refractivity contribution in [2.45, 2.75) is 51.6 Å². The molecule has 3 nitrogen and oxygen atoms in total. The van der Waals surface area contributed by atoms with E-state index in [1.165, 1.54) is 42.3 Å². The summed E-state index contributed by atoms with van der Waals surface area (Å²) in [6.45, 7) is 3.04. The minimum Gasteiger partial charge on any atom is -0.298 e. The largest absolute Gasteiger partial charge is 0.298 e. The van der Waals surface area contributed by atoms with Crippen LogP contribution in [-0.4, -0.2) is 27.8 Å². The maximum absolute atomic E-state index is 4.45. The molecule has 2 rings (SSSR count). The number of nitrogens with zero attached hydrogens (tertiary/aromatic N) is 3. The molecule has 1 aromatic heterocycles. The summed E-state index contributed by atoms with van der Waals surface area (Å²) in [5.74, 6) is 0. The molecular weight excluding hydrogens is 278 g/mol. The first-order chi connectivity index (χ1) is 8.09. The highest BCUT2D eigenvalue weighted by molar-refractivity contribution is 9.10. The number of hydrogen-bond donors (Lipinski definition) is 0. The normalized spacial score (nSPS) is 17.9. The average molecular weight is 300 g/mol. The summed E-state index contributed by atoms with van der Waals surface area (Å²) in [6.07, 6.45) is 6.90. The van der Waals surface area contributed by atoms with Crippen LogP contribution in [0.15, 0.2) is 4.47 Å². The number of rotatable bonds is 3. The molecule has 0 spiro atoms. The molecule has 1 heterocycles. The molecule has 1 fully saturated rings. The summed E-state index contributed by atoms with van der Waals surface area (Å²) in [7, 11) is 4.27. The highest BCUT2D eigenvalue weighted by Gasteiger charge is 2.20. The van der Waals surface area contributed by atoms with Crippen LogP contribution in [0.4, 0.5) is 0 Å². The van der Waals surface area contributed by atoms with Gasteiger partial charge in [-0.25, -0.2) is 0 Å². The molecule has 0 aliphatic heterocycles. The lowest BCUT2D eigenvalue weighted by Gasteiger charge is -2.31. The van der Waals surface area contributed by atoms with Gasteiger partial charge in [0.1, 0.15) is 0 Å². The molecule has 1 aromatic rings. The number of aromatic nitrogens is 2. The Morgan fingerprint density at radius 1 is 1.35 bits per heavy atom. The fraction of sp³-hybridized carbons (Fsp3) is 0.769. The first-order valence-electron chi connectivity index (χ1n) is 6.48. The molecule has 0 unspecified atom stereocenters. The molecule has 1 saturated carbocycles. The summed E-state index contributed by atoms with van der Waals surface area (Å²) < 4.78 is 3.17. The minimum atomic E-state index is 0.755. The second-order valence-corrected chi connectivity index (χ2v) is 5.97. The Bertz CT molecular complexity index is 380. The van der Waals surface area contributed by atoms with Gasteiger partial charge in [0.15, 0.2) is 0 Å². The lowest BCUT2D eigenvalue weighted by atomic mass is 9.94. The van der Waals surface area contributed by atoms with Crippen molar-refractivity contribution in [1.29, 1.82) is 0 Å². The van der Waals surface area contributed by atoms with Crippen molar-refractivity contribution in [2.24, 2.45) is 7.05 Å². The maximum atomic E-state index is 4.45. The number of hydrogen-bond acceptors (Lipinski definition) is 2. The topological polar surface area (TPSA) is 21.1 Å². The van der Waals surface area contributed by atoms with E-state index in [-0.39, 0.29) is 0 Å². The van der Waals surface area contributed by atoms with Gasteiger partial charge >= 0.3 is 0 Å². The highest BCUT2D eigenvalue weighted by Crippen LogP contribution is 2.26. The van der Waals surface area contributed by atoms with E-state index in [1.54, 1.807) is 0 Å². The highest BCUT2D eigenvalue weighted by atomic mass is 79.9. The maximum Gasteiger partial charge on any atom is 0.0739 e. The van der Waals surface area contributed by atoms with Gasteiger partial charge in [0.05, 0.1) is 15.9 Å². The monoisotopic (exact) mass is 299 g/mol. The quantitative estimate of drug-likeness (QED) is 0.854. The van der Waals surface area contributed by atoms with E-state index in [1.807, 2.05) is 18.7 Å². The zero-order valence-corrected chi connectivity index (χ0v) is 12.6. The van der Waals surface area contributed by atoms with Gasteiger partial charge in [0.2, 0.25) is 0 Å². The van der Waals surface area contributed by atoms with Crippen LogP contribution in [-0.2, 0) is 13.6 Å². The zero-order valence-electron chi connectivity index (χ0n) is 11.0. The van der Waals surface area contributed by atoms with Gasteiger partial charge in [-0.05, 0) is 42.7 Å². The molecule has 96 valence electrons. The van der Waals surface area contributed by atoms with Crippen LogP contribution in [0.1, 0.15) is 43.5 Å². The van der Waals surface area contributed by atoms with Crippen molar-refractivity contribution in [1.82, 2.24) is 14.7 Å². The molecule has 4 heteroatoms. The fourth-order valence-electron chi connectivity index (χ4n) is 2.74. The smallest absolute Gasteiger partial charge is 0.0739 e. The second kappa shape index (κ2) is 5.53. The molecule has 0 saturated heterocycles. The van der Waals surface area contributed by atoms with Crippen molar-refractivity contribution in [3.63, 3.8) is 0 Å². The van der Waals surface area contributed by atoms with Gasteiger partial charge in [-0.1, -0.05) is 19.3 Å². The van der Waals surface area contributed by atoms with Crippen molar-refractivity contribution >= 4 is 15.9 Å². The number of aryl methyl sites for hydroxylation is 2. The third-order valence-corrected chi connectivity index (χ3v) is 4.89. The Morgan fingerprint density at radius 3 is 2.53 bits per heavy atom. The van der Waals surface area contributed by atoms with E-state index in [0.717, 1.165) is 18.3 Å². The molecule has 0 N–H and O–H groups in total. The molecule has 0 radical (unpaired) electrons. The molecular formula is C13H22BrN3. The van der Waals surface area contributed by atoms with Crippen molar-refractivity contribution in [2.75, 3.05) is 7.05 Å². The van der Waals surface area contributed by atoms with Crippen molar-refractivity contribution < 1.29 is 0 Å². The summed E-state index contributed by atoms with van der Waals surface area (Å²) in [5.41, 5.74) is 2.37. The minimum absolute atomic E-state index is 0.755. The Kier molecular flexibility index (Phi) is 4.26. The van der Waals surface area contributed by atoms with E-state index in [4.69, 9.17) is 0 Å². The predicted octanol–water partition coefficient (Wildman–Crippen LogP) is 3.26. The van der Waals surface area contributed by atoms with Crippen LogP contribution >= 0.6 is 15.9 Å². The van der Waals surface area contributed by atoms with Gasteiger partial charge in [-0.2, -0.15) is 5.10 Å². The van der Waals surface area contributed by atoms with E-state index >= 15 is 0 Å². The van der Waals surface area contributed by atoms with Crippen LogP contribution in [0.5, 0.6) is 0 Å². The molecule has 0 aromatic carbocycles. The first-order valence-corrected chi connectivity index (χ1v) is 7.27. The lowest BCUT2D eigenvalue weighted by molar-refractivity contribution is 0.180. The molecule has 1 aliphatic carbocycles. The van der Waals surface area contributed by atoms with Crippen LogP contribution in [0.2, 0.25) is 0 Å². The Hall–Kier alpha value is -0.350. The van der Waals surface area contributed by atoms with Crippen molar-refractivity contribution in [3.05, 3.63) is 15.9 Å². The van der Waals surface area contributed by atoms with E-state index in [9.17, 15) is 0 Å². The lowest BCUT2D eigenvalue weighted by Crippen LogP contribution is -2.33. The summed E-state index contributed by atoms with van der Waals surface area (Å²) in [5, 5.41) is 4.45. The van der Waals surface area contributed by atoms with Crippen LogP contribution in [0.3, 0.4) is 0 Å². The standard InChI is InChI=1S/C13H22BrN3/c1-10-13(14)12(17(3)15-10)9-16(2)11-7-5-4-6-8-11/h11H,4-9H2,1-3H3. The summed E-state index contributed by atoms with van der Waals surface area (Å²) >= 11 is 3.64. The van der Waals surface area contributed by atoms with Gasteiger partial charge in [-0.3, -0.25) is 9.58 Å². The van der Waals surface area contributed by atoms with Crippen LogP contribution < -0.4 is 0 Å². The average Bonchev–Trinajstić information content (AvgIpc) is 2.57. The van der Waals surface area contributed by atoms with Gasteiger partial charge in [0.25, 0.3) is 0 Å². The number of halogens is 1. The first kappa shape index (κ1) is 13.1. The fourth-order valence-corrected chi connectivity index (χ4v) is 3.20. The third kappa shape index (κ3) is 2.91. The second-order valence-electron chi connectivity index (χ2n) is 5.18. The Morgan fingerprint density at radius 2 is 2.00 bits per heavy atom. The van der Waals surface area contributed by atoms with Crippen LogP contribution in [0, 0.1) is 6.92 Å². The molecule has 0 atom stereocenters. The van der Waals surface area contributed by atoms with Crippen molar-refractivity contribution in [3.8, 4) is 0 Å². The summed E-state index contributed by atoms with van der Waals surface area (Å²) in [4.78, 5) is 2.49. The predicted molar refractivity (Wildman–Crippen MR) is 74.0 cm³/mol. The molecule has 0 bridgehead atoms. The van der Waals surface area contributed by atoms with Crippen LogP contribution in [0.25, 0.3) is 0 Å². The Balaban J connectivity index is 2.04. The molecule has 1 aliphatic rings. The zero-order chi connectivity index (χ0) is 12.4. The Labute approximate surface area is 112 Å². The molecule has 17 heavy (non-hydrogen) atoms. The van der Waals surface area contributed by atoms with Gasteiger partial charge in [0, 0.05) is 19.6 Å². The third-order valence-electron chi connectivity index (χ3n) is 3.86. The SMILES string of the molecule is Cc1nn(C)c(CN(C)C2CCCCC2)c1Br. The summed E-state index contributed by atoms with van der Waals surface area (Å²) in [6, 6.07) is 0.755. The van der Waals surface area contributed by atoms with Gasteiger partial charge < -0.3 is 0 Å². The van der Waals surface area contributed by atoms with Gasteiger partial charge in [-0.15, -0.1) is 0 Å². The van der Waals surface area contributed by atoms with E-state index < -0.39 is 0 Å². The van der Waals surface area contributed by atoms with E-state index in [0.29, 0.717) is 0 Å².